The van der Waals surface area contributed by atoms with E-state index >= 15 is 0 Å². The lowest BCUT2D eigenvalue weighted by Gasteiger charge is -2.35. The summed E-state index contributed by atoms with van der Waals surface area (Å²) >= 11 is 0. The van der Waals surface area contributed by atoms with E-state index in [2.05, 4.69) is 28.0 Å². The molecule has 0 spiro atoms. The van der Waals surface area contributed by atoms with Gasteiger partial charge in [-0.05, 0) is 49.2 Å². The van der Waals surface area contributed by atoms with Gasteiger partial charge in [0.05, 0.1) is 13.2 Å². The average molecular weight is 395 g/mol. The molecule has 2 heterocycles. The van der Waals surface area contributed by atoms with Crippen LogP contribution in [0.1, 0.15) is 40.9 Å². The minimum atomic E-state index is 0.0962. The monoisotopic (exact) mass is 394 g/mol. The number of fused-ring (bicyclic) bond motifs is 1. The van der Waals surface area contributed by atoms with Crippen LogP contribution in [0.15, 0.2) is 36.4 Å². The molecule has 0 saturated carbocycles. The van der Waals surface area contributed by atoms with Crippen molar-refractivity contribution in [2.45, 2.75) is 33.4 Å². The van der Waals surface area contributed by atoms with Gasteiger partial charge in [-0.25, -0.2) is 0 Å². The van der Waals surface area contributed by atoms with Crippen LogP contribution >= 0.6 is 0 Å². The van der Waals surface area contributed by atoms with Gasteiger partial charge in [0.1, 0.15) is 11.5 Å². The topological polar surface area (TPSA) is 42.0 Å². The maximum Gasteiger partial charge on any atom is 0.159 e. The number of benzene rings is 2. The molecule has 29 heavy (non-hydrogen) atoms. The summed E-state index contributed by atoms with van der Waals surface area (Å²) in [7, 11) is 0. The zero-order chi connectivity index (χ0) is 20.2. The Labute approximate surface area is 173 Å². The summed E-state index contributed by atoms with van der Waals surface area (Å²) in [5.41, 5.74) is 4.57. The van der Waals surface area contributed by atoms with Gasteiger partial charge in [0.15, 0.2) is 5.78 Å². The van der Waals surface area contributed by atoms with Crippen molar-refractivity contribution in [1.82, 2.24) is 9.80 Å². The van der Waals surface area contributed by atoms with Gasteiger partial charge in [0, 0.05) is 56.8 Å². The highest BCUT2D eigenvalue weighted by Crippen LogP contribution is 2.27. The molecular weight excluding hydrogens is 364 g/mol. The number of ketones is 1. The minimum absolute atomic E-state index is 0.0962. The number of carbonyl (C=O) groups is 1. The SMILES string of the molecule is CCOc1ccc(C(C)=O)cc1CN1CCN(Cc2ccc3c(c2)CCO3)CC1. The molecule has 4 rings (SSSR count). The van der Waals surface area contributed by atoms with Crippen LogP contribution < -0.4 is 9.47 Å². The first-order valence-electron chi connectivity index (χ1n) is 10.6. The molecule has 1 saturated heterocycles. The van der Waals surface area contributed by atoms with E-state index in [4.69, 9.17) is 9.47 Å². The van der Waals surface area contributed by atoms with Crippen molar-refractivity contribution < 1.29 is 14.3 Å². The van der Waals surface area contributed by atoms with E-state index in [1.165, 1.54) is 11.1 Å². The second-order valence-electron chi connectivity index (χ2n) is 7.90. The van der Waals surface area contributed by atoms with Crippen LogP contribution in [0.3, 0.4) is 0 Å². The minimum Gasteiger partial charge on any atom is -0.494 e. The second kappa shape index (κ2) is 8.97. The quantitative estimate of drug-likeness (QED) is 0.672. The third-order valence-electron chi connectivity index (χ3n) is 5.79. The maximum atomic E-state index is 11.8. The summed E-state index contributed by atoms with van der Waals surface area (Å²) in [4.78, 5) is 16.7. The Morgan fingerprint density at radius 3 is 2.52 bits per heavy atom. The smallest absolute Gasteiger partial charge is 0.159 e. The van der Waals surface area contributed by atoms with E-state index in [0.717, 1.165) is 74.9 Å². The number of Topliss-reactive ketones (excluding diaryl/α,β-unsaturated/α-hetero) is 1. The number of rotatable bonds is 7. The molecule has 5 heteroatoms. The molecule has 0 unspecified atom stereocenters. The lowest BCUT2D eigenvalue weighted by molar-refractivity contribution is 0.101. The van der Waals surface area contributed by atoms with Gasteiger partial charge in [-0.1, -0.05) is 12.1 Å². The highest BCUT2D eigenvalue weighted by molar-refractivity contribution is 5.94. The van der Waals surface area contributed by atoms with Gasteiger partial charge in [-0.2, -0.15) is 0 Å². The van der Waals surface area contributed by atoms with E-state index in [-0.39, 0.29) is 5.78 Å². The Balaban J connectivity index is 1.35. The Kier molecular flexibility index (Phi) is 6.16. The van der Waals surface area contributed by atoms with Gasteiger partial charge in [-0.3, -0.25) is 14.6 Å². The van der Waals surface area contributed by atoms with Crippen LogP contribution in [0.2, 0.25) is 0 Å². The number of hydrogen-bond donors (Lipinski definition) is 0. The van der Waals surface area contributed by atoms with Crippen LogP contribution in [0.5, 0.6) is 11.5 Å². The first-order valence-corrected chi connectivity index (χ1v) is 10.6. The van der Waals surface area contributed by atoms with Crippen LogP contribution in [0.25, 0.3) is 0 Å². The Bertz CT molecular complexity index is 872. The molecule has 0 atom stereocenters. The van der Waals surface area contributed by atoms with Gasteiger partial charge >= 0.3 is 0 Å². The molecule has 1 fully saturated rings. The molecule has 2 aromatic rings. The summed E-state index contributed by atoms with van der Waals surface area (Å²) < 4.78 is 11.4. The number of piperazine rings is 1. The Hall–Kier alpha value is -2.37. The molecule has 0 radical (unpaired) electrons. The predicted molar refractivity (Wildman–Crippen MR) is 114 cm³/mol. The van der Waals surface area contributed by atoms with Crippen LogP contribution in [0, 0.1) is 0 Å². The van der Waals surface area contributed by atoms with Gasteiger partial charge in [0.25, 0.3) is 0 Å². The lowest BCUT2D eigenvalue weighted by Crippen LogP contribution is -2.45. The van der Waals surface area contributed by atoms with Crippen molar-refractivity contribution in [2.75, 3.05) is 39.4 Å². The second-order valence-corrected chi connectivity index (χ2v) is 7.90. The molecule has 154 valence electrons. The Morgan fingerprint density at radius 1 is 1.03 bits per heavy atom. The summed E-state index contributed by atoms with van der Waals surface area (Å²) in [6.45, 7) is 11.0. The molecule has 0 bridgehead atoms. The van der Waals surface area contributed by atoms with Crippen molar-refractivity contribution in [3.05, 3.63) is 58.7 Å². The van der Waals surface area contributed by atoms with E-state index in [9.17, 15) is 4.79 Å². The standard InChI is InChI=1S/C24H30N2O3/c1-3-28-24-7-5-20(18(2)27)15-22(24)17-26-11-9-25(10-12-26)16-19-4-6-23-21(14-19)8-13-29-23/h4-7,14-15H,3,8-13,16-17H2,1-2H3. The average Bonchev–Trinajstić information content (AvgIpc) is 3.18. The number of carbonyl (C=O) groups excluding carboxylic acids is 1. The van der Waals surface area contributed by atoms with Crippen molar-refractivity contribution >= 4 is 5.78 Å². The molecule has 0 amide bonds. The third kappa shape index (κ3) is 4.80. The summed E-state index contributed by atoms with van der Waals surface area (Å²) in [5, 5.41) is 0. The molecule has 0 N–H and O–H groups in total. The van der Waals surface area contributed by atoms with Crippen molar-refractivity contribution in [3.8, 4) is 11.5 Å². The van der Waals surface area contributed by atoms with Gasteiger partial charge in [0.2, 0.25) is 0 Å². The van der Waals surface area contributed by atoms with Crippen molar-refractivity contribution in [1.29, 1.82) is 0 Å². The van der Waals surface area contributed by atoms with Crippen LogP contribution in [-0.4, -0.2) is 55.0 Å². The fraction of sp³-hybridized carbons (Fsp3) is 0.458. The highest BCUT2D eigenvalue weighted by Gasteiger charge is 2.20. The van der Waals surface area contributed by atoms with E-state index in [0.29, 0.717) is 6.61 Å². The summed E-state index contributed by atoms with van der Waals surface area (Å²) in [6.07, 6.45) is 1.03. The van der Waals surface area contributed by atoms with Crippen molar-refractivity contribution in [3.63, 3.8) is 0 Å². The van der Waals surface area contributed by atoms with Crippen LogP contribution in [-0.2, 0) is 19.5 Å². The highest BCUT2D eigenvalue weighted by atomic mass is 16.5. The maximum absolute atomic E-state index is 11.8. The third-order valence-corrected chi connectivity index (χ3v) is 5.79. The summed E-state index contributed by atoms with van der Waals surface area (Å²) in [6, 6.07) is 12.4. The Morgan fingerprint density at radius 2 is 1.79 bits per heavy atom. The number of ether oxygens (including phenoxy) is 2. The number of hydrogen-bond acceptors (Lipinski definition) is 5. The van der Waals surface area contributed by atoms with E-state index in [1.807, 2.05) is 25.1 Å². The molecule has 5 nitrogen and oxygen atoms in total. The largest absolute Gasteiger partial charge is 0.494 e. The molecule has 2 aliphatic rings. The van der Waals surface area contributed by atoms with E-state index < -0.39 is 0 Å². The fourth-order valence-corrected chi connectivity index (χ4v) is 4.16. The summed E-state index contributed by atoms with van der Waals surface area (Å²) in [5.74, 6) is 2.04. The first-order chi connectivity index (χ1) is 14.1. The molecule has 0 aromatic heterocycles. The van der Waals surface area contributed by atoms with Crippen LogP contribution in [0.4, 0.5) is 0 Å². The predicted octanol–water partition coefficient (Wildman–Crippen LogP) is 3.54. The lowest BCUT2D eigenvalue weighted by atomic mass is 10.1. The molecule has 0 aliphatic carbocycles. The molecule has 2 aliphatic heterocycles. The van der Waals surface area contributed by atoms with Gasteiger partial charge < -0.3 is 9.47 Å². The zero-order valence-corrected chi connectivity index (χ0v) is 17.4. The zero-order valence-electron chi connectivity index (χ0n) is 17.4. The molecule has 2 aromatic carbocycles. The fourth-order valence-electron chi connectivity index (χ4n) is 4.16. The van der Waals surface area contributed by atoms with E-state index in [1.54, 1.807) is 6.92 Å². The first kappa shape index (κ1) is 19.9. The molecular formula is C24H30N2O3. The van der Waals surface area contributed by atoms with Gasteiger partial charge in [-0.15, -0.1) is 0 Å². The number of nitrogens with zero attached hydrogens (tertiary/aromatic N) is 2. The van der Waals surface area contributed by atoms with Crippen molar-refractivity contribution in [2.24, 2.45) is 0 Å². The normalized spacial score (nSPS) is 17.0.